The van der Waals surface area contributed by atoms with E-state index in [2.05, 4.69) is 0 Å². The molecule has 7 nitrogen and oxygen atoms in total. The average Bonchev–Trinajstić information content (AvgIpc) is 2.12. The summed E-state index contributed by atoms with van der Waals surface area (Å²) in [5, 5.41) is 18.6. The SMILES string of the molecule is C[N+](C)(CCOC(=O)/C=C/C(=O)O)CC(=O)[O-]. The smallest absolute Gasteiger partial charge is 0.331 e. The lowest BCUT2D eigenvalue weighted by molar-refractivity contribution is -0.884. The molecule has 0 aliphatic carbocycles. The van der Waals surface area contributed by atoms with Gasteiger partial charge in [-0.15, -0.1) is 0 Å². The Balaban J connectivity index is 3.94. The number of hydrogen-bond donors (Lipinski definition) is 1. The van der Waals surface area contributed by atoms with E-state index >= 15 is 0 Å². The molecule has 0 aliphatic rings. The van der Waals surface area contributed by atoms with E-state index in [4.69, 9.17) is 9.84 Å². The summed E-state index contributed by atoms with van der Waals surface area (Å²) in [6.45, 7) is 0.103. The second-order valence-corrected chi connectivity index (χ2v) is 4.03. The summed E-state index contributed by atoms with van der Waals surface area (Å²) in [5.74, 6) is -3.21. The molecule has 0 amide bonds. The number of quaternary nitrogens is 1. The zero-order chi connectivity index (χ0) is 13.5. The highest BCUT2D eigenvalue weighted by molar-refractivity contribution is 5.90. The van der Waals surface area contributed by atoms with E-state index < -0.39 is 17.9 Å². The Morgan fingerprint density at radius 2 is 1.88 bits per heavy atom. The number of carbonyl (C=O) groups is 3. The van der Waals surface area contributed by atoms with Crippen LogP contribution in [0.1, 0.15) is 0 Å². The maximum absolute atomic E-state index is 10.9. The first-order chi connectivity index (χ1) is 7.73. The van der Waals surface area contributed by atoms with Gasteiger partial charge in [-0.3, -0.25) is 0 Å². The topological polar surface area (TPSA) is 104 Å². The van der Waals surface area contributed by atoms with E-state index in [1.54, 1.807) is 14.1 Å². The van der Waals surface area contributed by atoms with Gasteiger partial charge in [0.1, 0.15) is 19.7 Å². The molecule has 96 valence electrons. The summed E-state index contributed by atoms with van der Waals surface area (Å²) in [4.78, 5) is 31.4. The minimum atomic E-state index is -1.24. The molecule has 0 aromatic rings. The Morgan fingerprint density at radius 3 is 2.35 bits per heavy atom. The first-order valence-electron chi connectivity index (χ1n) is 4.82. The summed E-state index contributed by atoms with van der Waals surface area (Å²) in [5.41, 5.74) is 0. The highest BCUT2D eigenvalue weighted by Crippen LogP contribution is 1.96. The van der Waals surface area contributed by atoms with Crippen LogP contribution in [-0.2, 0) is 19.1 Å². The lowest BCUT2D eigenvalue weighted by Gasteiger charge is -2.29. The van der Waals surface area contributed by atoms with Gasteiger partial charge in [0.25, 0.3) is 0 Å². The van der Waals surface area contributed by atoms with Crippen LogP contribution in [0.4, 0.5) is 0 Å². The van der Waals surface area contributed by atoms with Crippen LogP contribution in [0, 0.1) is 0 Å². The van der Waals surface area contributed by atoms with Crippen molar-refractivity contribution in [2.45, 2.75) is 0 Å². The van der Waals surface area contributed by atoms with Gasteiger partial charge in [0.15, 0.2) is 0 Å². The first kappa shape index (κ1) is 15.1. The number of carboxylic acids is 2. The zero-order valence-electron chi connectivity index (χ0n) is 9.71. The van der Waals surface area contributed by atoms with Gasteiger partial charge in [0.2, 0.25) is 0 Å². The Labute approximate surface area is 98.5 Å². The Morgan fingerprint density at radius 1 is 1.29 bits per heavy atom. The summed E-state index contributed by atoms with van der Waals surface area (Å²) in [6.07, 6.45) is 1.46. The highest BCUT2D eigenvalue weighted by atomic mass is 16.5. The van der Waals surface area contributed by atoms with Gasteiger partial charge < -0.3 is 24.2 Å². The summed E-state index contributed by atoms with van der Waals surface area (Å²) in [7, 11) is 3.30. The highest BCUT2D eigenvalue weighted by Gasteiger charge is 2.15. The number of ether oxygens (including phenoxy) is 1. The molecular weight excluding hydrogens is 230 g/mol. The summed E-state index contributed by atoms with van der Waals surface area (Å²) in [6, 6.07) is 0. The molecule has 0 atom stereocenters. The Kier molecular flexibility index (Phi) is 5.90. The Bertz CT molecular complexity index is 334. The normalized spacial score (nSPS) is 11.4. The van der Waals surface area contributed by atoms with Crippen LogP contribution in [0.25, 0.3) is 0 Å². The average molecular weight is 245 g/mol. The third-order valence-corrected chi connectivity index (χ3v) is 1.86. The first-order valence-corrected chi connectivity index (χ1v) is 4.82. The van der Waals surface area contributed by atoms with Crippen LogP contribution in [0.2, 0.25) is 0 Å². The van der Waals surface area contributed by atoms with Gasteiger partial charge >= 0.3 is 11.9 Å². The number of aliphatic carboxylic acids is 2. The van der Waals surface area contributed by atoms with E-state index in [0.717, 1.165) is 6.08 Å². The lowest BCUT2D eigenvalue weighted by atomic mass is 10.4. The second-order valence-electron chi connectivity index (χ2n) is 4.03. The third kappa shape index (κ3) is 9.06. The molecule has 0 bridgehead atoms. The molecule has 0 aliphatic heterocycles. The predicted molar refractivity (Wildman–Crippen MR) is 54.6 cm³/mol. The number of hydrogen-bond acceptors (Lipinski definition) is 5. The lowest BCUT2D eigenvalue weighted by Crippen LogP contribution is -2.49. The number of rotatable bonds is 7. The van der Waals surface area contributed by atoms with Crippen molar-refractivity contribution in [2.24, 2.45) is 0 Å². The number of carbonyl (C=O) groups excluding carboxylic acids is 2. The molecule has 0 unspecified atom stereocenters. The summed E-state index contributed by atoms with van der Waals surface area (Å²) >= 11 is 0. The molecule has 1 N–H and O–H groups in total. The maximum Gasteiger partial charge on any atom is 0.331 e. The molecule has 0 saturated heterocycles. The van der Waals surface area contributed by atoms with E-state index in [-0.39, 0.29) is 17.6 Å². The van der Waals surface area contributed by atoms with Crippen molar-refractivity contribution in [1.29, 1.82) is 0 Å². The molecule has 17 heavy (non-hydrogen) atoms. The van der Waals surface area contributed by atoms with Gasteiger partial charge in [-0.1, -0.05) is 0 Å². The maximum atomic E-state index is 10.9. The van der Waals surface area contributed by atoms with E-state index in [0.29, 0.717) is 12.6 Å². The number of esters is 1. The molecular formula is C10H15NO6. The van der Waals surface area contributed by atoms with Crippen LogP contribution in [0.15, 0.2) is 12.2 Å². The number of carboxylic acid groups (broad SMARTS) is 2. The van der Waals surface area contributed by atoms with Gasteiger partial charge in [0, 0.05) is 12.2 Å². The predicted octanol–water partition coefficient (Wildman–Crippen LogP) is -2.00. The fourth-order valence-electron chi connectivity index (χ4n) is 1.01. The van der Waals surface area contributed by atoms with Crippen molar-refractivity contribution in [3.05, 3.63) is 12.2 Å². The molecule has 0 rings (SSSR count). The Hall–Kier alpha value is -1.89. The van der Waals surface area contributed by atoms with Gasteiger partial charge in [-0.25, -0.2) is 9.59 Å². The molecule has 0 radical (unpaired) electrons. The number of nitrogens with zero attached hydrogens (tertiary/aromatic N) is 1. The monoisotopic (exact) mass is 245 g/mol. The fraction of sp³-hybridized carbons (Fsp3) is 0.500. The van der Waals surface area contributed by atoms with Crippen molar-refractivity contribution < 1.29 is 33.8 Å². The van der Waals surface area contributed by atoms with Crippen molar-refractivity contribution in [3.8, 4) is 0 Å². The van der Waals surface area contributed by atoms with Gasteiger partial charge in [-0.05, 0) is 0 Å². The standard InChI is InChI=1S/C10H15NO6/c1-11(2,7-9(14)15)5-6-17-10(16)4-3-8(12)13/h3-4H,5-7H2,1-2H3,(H-,12,13,14,15)/b4-3+. The zero-order valence-corrected chi connectivity index (χ0v) is 9.71. The summed E-state index contributed by atoms with van der Waals surface area (Å²) < 4.78 is 4.80. The molecule has 0 aromatic carbocycles. The van der Waals surface area contributed by atoms with Gasteiger partial charge in [0.05, 0.1) is 20.1 Å². The van der Waals surface area contributed by atoms with Crippen LogP contribution in [0.3, 0.4) is 0 Å². The van der Waals surface area contributed by atoms with Crippen molar-refractivity contribution in [1.82, 2.24) is 0 Å². The van der Waals surface area contributed by atoms with E-state index in [9.17, 15) is 19.5 Å². The van der Waals surface area contributed by atoms with E-state index in [1.807, 2.05) is 0 Å². The van der Waals surface area contributed by atoms with Crippen LogP contribution >= 0.6 is 0 Å². The van der Waals surface area contributed by atoms with Crippen LogP contribution in [-0.4, -0.2) is 61.3 Å². The van der Waals surface area contributed by atoms with Crippen molar-refractivity contribution in [3.63, 3.8) is 0 Å². The van der Waals surface area contributed by atoms with Gasteiger partial charge in [-0.2, -0.15) is 0 Å². The largest absolute Gasteiger partial charge is 0.544 e. The van der Waals surface area contributed by atoms with Crippen molar-refractivity contribution in [2.75, 3.05) is 33.8 Å². The molecule has 0 aromatic heterocycles. The van der Waals surface area contributed by atoms with Crippen molar-refractivity contribution >= 4 is 17.9 Å². The minimum absolute atomic E-state index is 0.00305. The number of likely N-dealkylation sites (N-methyl/N-ethyl adjacent to an activating group) is 1. The van der Waals surface area contributed by atoms with Crippen LogP contribution < -0.4 is 5.11 Å². The third-order valence-electron chi connectivity index (χ3n) is 1.86. The second kappa shape index (κ2) is 6.64. The molecule has 7 heteroatoms. The quantitative estimate of drug-likeness (QED) is 0.316. The molecule has 0 spiro atoms. The molecule has 0 saturated carbocycles. The molecule has 0 fully saturated rings. The fourth-order valence-corrected chi connectivity index (χ4v) is 1.01. The molecule has 0 heterocycles. The minimum Gasteiger partial charge on any atom is -0.544 e. The van der Waals surface area contributed by atoms with Crippen LogP contribution in [0.5, 0.6) is 0 Å². The van der Waals surface area contributed by atoms with E-state index in [1.165, 1.54) is 0 Å².